The lowest BCUT2D eigenvalue weighted by Gasteiger charge is -1.89. The molecule has 0 radical (unpaired) electrons. The summed E-state index contributed by atoms with van der Waals surface area (Å²) in [4.78, 5) is 0. The number of rotatable bonds is 3. The van der Waals surface area contributed by atoms with E-state index in [2.05, 4.69) is 10.3 Å². The van der Waals surface area contributed by atoms with Gasteiger partial charge in [-0.15, -0.1) is 8.98 Å². The van der Waals surface area contributed by atoms with Crippen molar-refractivity contribution in [3.05, 3.63) is 11.9 Å². The number of hydrogen-bond donors (Lipinski definition) is 0. The van der Waals surface area contributed by atoms with E-state index in [0.29, 0.717) is 5.69 Å². The van der Waals surface area contributed by atoms with Crippen molar-refractivity contribution in [2.75, 3.05) is 5.75 Å². The summed E-state index contributed by atoms with van der Waals surface area (Å²) in [5.74, 6) is -0.536. The van der Waals surface area contributed by atoms with E-state index in [1.807, 2.05) is 0 Å². The van der Waals surface area contributed by atoms with E-state index in [1.165, 1.54) is 4.68 Å². The fraction of sp³-hybridized carbons (Fsp3) is 0.600. The Bertz CT molecular complexity index is 359. The van der Waals surface area contributed by atoms with Gasteiger partial charge in [-0.25, -0.2) is 0 Å². The van der Waals surface area contributed by atoms with Crippen LogP contribution in [0.25, 0.3) is 0 Å². The van der Waals surface area contributed by atoms with Gasteiger partial charge in [-0.05, 0) is 0 Å². The van der Waals surface area contributed by atoms with Crippen LogP contribution < -0.4 is 0 Å². The minimum atomic E-state index is -4.39. The molecular weight excluding hydrogens is 185 g/mol. The summed E-state index contributed by atoms with van der Waals surface area (Å²) in [5, 5.41) is 7.17. The van der Waals surface area contributed by atoms with Gasteiger partial charge in [0.05, 0.1) is 11.4 Å². The Kier molecular flexibility index (Phi) is 2.41. The van der Waals surface area contributed by atoms with E-state index in [1.54, 1.807) is 13.2 Å². The fourth-order valence-electron chi connectivity index (χ4n) is 0.736. The van der Waals surface area contributed by atoms with E-state index in [9.17, 15) is 12.3 Å². The summed E-state index contributed by atoms with van der Waals surface area (Å²) >= 11 is 0. The first-order chi connectivity index (χ1) is 5.47. The minimum Gasteiger partial charge on any atom is -0.255 e. The molecular formula is C5H8FN3O2S. The highest BCUT2D eigenvalue weighted by atomic mass is 32.3. The Morgan fingerprint density at radius 1 is 1.67 bits per heavy atom. The zero-order valence-corrected chi connectivity index (χ0v) is 7.25. The predicted molar refractivity (Wildman–Crippen MR) is 39.6 cm³/mol. The number of halogens is 1. The van der Waals surface area contributed by atoms with Gasteiger partial charge in [0.25, 0.3) is 0 Å². The molecule has 7 heteroatoms. The maximum atomic E-state index is 12.0. The second-order valence-corrected chi connectivity index (χ2v) is 3.86. The van der Waals surface area contributed by atoms with E-state index >= 15 is 0 Å². The monoisotopic (exact) mass is 193 g/mol. The maximum Gasteiger partial charge on any atom is 0.302 e. The number of aromatic nitrogens is 3. The van der Waals surface area contributed by atoms with Crippen LogP contribution in [-0.2, 0) is 23.7 Å². The van der Waals surface area contributed by atoms with E-state index in [0.717, 1.165) is 0 Å². The van der Waals surface area contributed by atoms with Crippen molar-refractivity contribution in [2.45, 2.75) is 6.42 Å². The molecule has 0 saturated carbocycles. The average Bonchev–Trinajstić information content (AvgIpc) is 2.30. The molecule has 0 aliphatic carbocycles. The van der Waals surface area contributed by atoms with Crippen LogP contribution in [0.1, 0.15) is 5.69 Å². The summed E-state index contributed by atoms with van der Waals surface area (Å²) < 4.78 is 33.6. The summed E-state index contributed by atoms with van der Waals surface area (Å²) in [7, 11) is -2.74. The van der Waals surface area contributed by atoms with Crippen LogP contribution in [0, 0.1) is 0 Å². The van der Waals surface area contributed by atoms with Crippen LogP contribution in [0.15, 0.2) is 6.20 Å². The highest BCUT2D eigenvalue weighted by Gasteiger charge is 2.08. The molecule has 0 saturated heterocycles. The van der Waals surface area contributed by atoms with Gasteiger partial charge in [-0.1, -0.05) is 5.21 Å². The van der Waals surface area contributed by atoms with Crippen molar-refractivity contribution in [2.24, 2.45) is 7.05 Å². The molecule has 1 aromatic rings. The third kappa shape index (κ3) is 2.95. The van der Waals surface area contributed by atoms with Gasteiger partial charge in [0.1, 0.15) is 0 Å². The number of aryl methyl sites for hydroxylation is 2. The molecule has 0 amide bonds. The molecule has 0 spiro atoms. The quantitative estimate of drug-likeness (QED) is 0.616. The molecule has 1 aromatic heterocycles. The summed E-state index contributed by atoms with van der Waals surface area (Å²) in [6, 6.07) is 0. The molecule has 0 aliphatic rings. The standard InChI is InChI=1S/C5H8FN3O2S/c1-9-4-5(7-8-9)2-3-12(6,10)11/h4H,2-3H2,1H3. The van der Waals surface area contributed by atoms with Crippen LogP contribution in [-0.4, -0.2) is 29.2 Å². The highest BCUT2D eigenvalue weighted by molar-refractivity contribution is 7.86. The Hall–Kier alpha value is -0.980. The van der Waals surface area contributed by atoms with E-state index < -0.39 is 16.0 Å². The van der Waals surface area contributed by atoms with Crippen molar-refractivity contribution < 1.29 is 12.3 Å². The van der Waals surface area contributed by atoms with Gasteiger partial charge in [-0.3, -0.25) is 4.68 Å². The Balaban J connectivity index is 2.55. The highest BCUT2D eigenvalue weighted by Crippen LogP contribution is 1.98. The van der Waals surface area contributed by atoms with Crippen LogP contribution in [0.3, 0.4) is 0 Å². The topological polar surface area (TPSA) is 64.8 Å². The number of nitrogens with zero attached hydrogens (tertiary/aromatic N) is 3. The molecule has 0 N–H and O–H groups in total. The third-order valence-electron chi connectivity index (χ3n) is 1.25. The fourth-order valence-corrected chi connectivity index (χ4v) is 1.19. The van der Waals surface area contributed by atoms with Gasteiger partial charge < -0.3 is 0 Å². The Morgan fingerprint density at radius 3 is 2.75 bits per heavy atom. The minimum absolute atomic E-state index is 0.0622. The van der Waals surface area contributed by atoms with Crippen LogP contribution in [0.4, 0.5) is 3.89 Å². The van der Waals surface area contributed by atoms with Crippen LogP contribution in [0.2, 0.25) is 0 Å². The van der Waals surface area contributed by atoms with E-state index in [4.69, 9.17) is 0 Å². The first-order valence-corrected chi connectivity index (χ1v) is 4.80. The summed E-state index contributed by atoms with van der Waals surface area (Å²) in [6.45, 7) is 0. The zero-order valence-electron chi connectivity index (χ0n) is 6.44. The SMILES string of the molecule is Cn1cc(CCS(=O)(=O)F)nn1. The first-order valence-electron chi connectivity index (χ1n) is 3.25. The van der Waals surface area contributed by atoms with Crippen molar-refractivity contribution in [1.82, 2.24) is 15.0 Å². The zero-order chi connectivity index (χ0) is 9.19. The molecule has 68 valence electrons. The van der Waals surface area contributed by atoms with Crippen molar-refractivity contribution in [3.63, 3.8) is 0 Å². The third-order valence-corrected chi connectivity index (χ3v) is 1.94. The Morgan fingerprint density at radius 2 is 2.33 bits per heavy atom. The van der Waals surface area contributed by atoms with Crippen molar-refractivity contribution in [3.8, 4) is 0 Å². The van der Waals surface area contributed by atoms with Gasteiger partial charge in [0.15, 0.2) is 0 Å². The van der Waals surface area contributed by atoms with Crippen LogP contribution in [0.5, 0.6) is 0 Å². The van der Waals surface area contributed by atoms with Crippen molar-refractivity contribution >= 4 is 10.2 Å². The molecule has 0 fully saturated rings. The Labute approximate surface area is 69.4 Å². The average molecular weight is 193 g/mol. The largest absolute Gasteiger partial charge is 0.302 e. The van der Waals surface area contributed by atoms with Crippen LogP contribution >= 0.6 is 0 Å². The molecule has 12 heavy (non-hydrogen) atoms. The maximum absolute atomic E-state index is 12.0. The predicted octanol–water partition coefficient (Wildman–Crippen LogP) is -0.343. The molecule has 0 unspecified atom stereocenters. The van der Waals surface area contributed by atoms with Gasteiger partial charge in [0, 0.05) is 19.7 Å². The molecule has 1 heterocycles. The van der Waals surface area contributed by atoms with Crippen molar-refractivity contribution in [1.29, 1.82) is 0 Å². The number of hydrogen-bond acceptors (Lipinski definition) is 4. The normalized spacial score (nSPS) is 11.8. The summed E-state index contributed by atoms with van der Waals surface area (Å²) in [6.07, 6.45) is 1.61. The van der Waals surface area contributed by atoms with Gasteiger partial charge >= 0.3 is 10.2 Å². The second-order valence-electron chi connectivity index (χ2n) is 2.38. The molecule has 1 rings (SSSR count). The lowest BCUT2D eigenvalue weighted by Crippen LogP contribution is -2.02. The summed E-state index contributed by atoms with van der Waals surface area (Å²) in [5.41, 5.74) is 0.471. The van der Waals surface area contributed by atoms with E-state index in [-0.39, 0.29) is 6.42 Å². The first kappa shape index (κ1) is 9.11. The molecule has 0 aromatic carbocycles. The molecule has 0 bridgehead atoms. The lowest BCUT2D eigenvalue weighted by molar-refractivity contribution is 0.551. The second kappa shape index (κ2) is 3.18. The lowest BCUT2D eigenvalue weighted by atomic mass is 10.4. The molecule has 0 aliphatic heterocycles. The smallest absolute Gasteiger partial charge is 0.255 e. The van der Waals surface area contributed by atoms with Gasteiger partial charge in [0.2, 0.25) is 0 Å². The van der Waals surface area contributed by atoms with Gasteiger partial charge in [-0.2, -0.15) is 8.42 Å². The molecule has 5 nitrogen and oxygen atoms in total. The molecule has 0 atom stereocenters.